The molecule has 122 valence electrons. The number of piperidine rings is 1. The Morgan fingerprint density at radius 3 is 2.91 bits per heavy atom. The minimum Gasteiger partial charge on any atom is -0.355 e. The number of benzene rings is 1. The molecule has 0 bridgehead atoms. The van der Waals surface area contributed by atoms with Gasteiger partial charge in [0.25, 0.3) is 0 Å². The van der Waals surface area contributed by atoms with Crippen molar-refractivity contribution in [3.05, 3.63) is 34.9 Å². The molecule has 1 aromatic carbocycles. The van der Waals surface area contributed by atoms with E-state index < -0.39 is 0 Å². The molecule has 1 amide bonds. The highest BCUT2D eigenvalue weighted by molar-refractivity contribution is 6.30. The summed E-state index contributed by atoms with van der Waals surface area (Å²) in [5.74, 6) is 0.353. The van der Waals surface area contributed by atoms with Crippen LogP contribution in [-0.4, -0.2) is 25.0 Å². The highest BCUT2D eigenvalue weighted by Gasteiger charge is 2.26. The van der Waals surface area contributed by atoms with E-state index in [-0.39, 0.29) is 17.2 Å². The molecule has 3 nitrogen and oxygen atoms in total. The summed E-state index contributed by atoms with van der Waals surface area (Å²) >= 11 is 6.04. The number of halogens is 1. The van der Waals surface area contributed by atoms with E-state index in [0.717, 1.165) is 30.8 Å². The summed E-state index contributed by atoms with van der Waals surface area (Å²) in [4.78, 5) is 12.3. The van der Waals surface area contributed by atoms with Crippen LogP contribution in [0.3, 0.4) is 0 Å². The number of carbonyl (C=O) groups is 1. The predicted molar refractivity (Wildman–Crippen MR) is 92.1 cm³/mol. The zero-order valence-electron chi connectivity index (χ0n) is 13.8. The summed E-state index contributed by atoms with van der Waals surface area (Å²) in [7, 11) is 0. The second-order valence-electron chi connectivity index (χ2n) is 7.27. The highest BCUT2D eigenvalue weighted by Crippen LogP contribution is 2.23. The molecule has 0 radical (unpaired) electrons. The summed E-state index contributed by atoms with van der Waals surface area (Å²) in [5, 5.41) is 7.30. The van der Waals surface area contributed by atoms with Crippen molar-refractivity contribution in [1.82, 2.24) is 10.6 Å². The molecule has 1 aromatic rings. The van der Waals surface area contributed by atoms with E-state index >= 15 is 0 Å². The van der Waals surface area contributed by atoms with E-state index in [4.69, 9.17) is 11.6 Å². The van der Waals surface area contributed by atoms with Crippen molar-refractivity contribution >= 4 is 17.5 Å². The standard InChI is InChI=1S/C18H27ClN2O/c1-13-9-15(7-8-20-13)17(22)21-12-18(2,3)11-14-5-4-6-16(19)10-14/h4-6,10,13,15,20H,7-9,11-12H2,1-3H3,(H,21,22)/t13-,15-/m0/s1. The third-order valence-electron chi connectivity index (χ3n) is 4.31. The van der Waals surface area contributed by atoms with Crippen molar-refractivity contribution in [1.29, 1.82) is 0 Å². The third kappa shape index (κ3) is 5.29. The maximum absolute atomic E-state index is 12.3. The van der Waals surface area contributed by atoms with Crippen LogP contribution < -0.4 is 10.6 Å². The fourth-order valence-electron chi connectivity index (χ4n) is 3.10. The van der Waals surface area contributed by atoms with Crippen molar-refractivity contribution in [3.8, 4) is 0 Å². The molecule has 2 rings (SSSR count). The van der Waals surface area contributed by atoms with Crippen LogP contribution in [0.2, 0.25) is 5.02 Å². The first kappa shape index (κ1) is 17.3. The van der Waals surface area contributed by atoms with Gasteiger partial charge in [-0.25, -0.2) is 0 Å². The number of hydrogen-bond donors (Lipinski definition) is 2. The second-order valence-corrected chi connectivity index (χ2v) is 7.70. The number of carbonyl (C=O) groups excluding carboxylic acids is 1. The molecule has 0 aromatic heterocycles. The average molecular weight is 323 g/mol. The van der Waals surface area contributed by atoms with Crippen LogP contribution in [0.1, 0.15) is 39.2 Å². The van der Waals surface area contributed by atoms with Crippen molar-refractivity contribution in [3.63, 3.8) is 0 Å². The van der Waals surface area contributed by atoms with Gasteiger partial charge in [0.2, 0.25) is 5.91 Å². The van der Waals surface area contributed by atoms with Crippen LogP contribution in [0, 0.1) is 11.3 Å². The van der Waals surface area contributed by atoms with E-state index in [1.165, 1.54) is 5.56 Å². The smallest absolute Gasteiger partial charge is 0.223 e. The Labute approximate surface area is 138 Å². The van der Waals surface area contributed by atoms with Crippen LogP contribution in [0.5, 0.6) is 0 Å². The van der Waals surface area contributed by atoms with E-state index in [1.807, 2.05) is 18.2 Å². The van der Waals surface area contributed by atoms with E-state index in [9.17, 15) is 4.79 Å². The monoisotopic (exact) mass is 322 g/mol. The SMILES string of the molecule is C[C@H]1C[C@@H](C(=O)NCC(C)(C)Cc2cccc(Cl)c2)CCN1. The molecule has 4 heteroatoms. The van der Waals surface area contributed by atoms with Crippen molar-refractivity contribution < 1.29 is 4.79 Å². The van der Waals surface area contributed by atoms with E-state index in [1.54, 1.807) is 0 Å². The van der Waals surface area contributed by atoms with Crippen molar-refractivity contribution in [2.45, 2.75) is 46.1 Å². The van der Waals surface area contributed by atoms with Gasteiger partial charge in [-0.05, 0) is 55.8 Å². The Hall–Kier alpha value is -1.06. The minimum atomic E-state index is 0.0128. The molecule has 0 unspecified atom stereocenters. The van der Waals surface area contributed by atoms with Crippen molar-refractivity contribution in [2.24, 2.45) is 11.3 Å². The molecule has 0 spiro atoms. The van der Waals surface area contributed by atoms with Gasteiger partial charge in [0.15, 0.2) is 0 Å². The van der Waals surface area contributed by atoms with Crippen LogP contribution in [-0.2, 0) is 11.2 Å². The van der Waals surface area contributed by atoms with E-state index in [2.05, 4.69) is 37.5 Å². The molecule has 1 saturated heterocycles. The molecule has 0 saturated carbocycles. The lowest BCUT2D eigenvalue weighted by atomic mass is 9.85. The van der Waals surface area contributed by atoms with Crippen LogP contribution in [0.4, 0.5) is 0 Å². The third-order valence-corrected chi connectivity index (χ3v) is 4.54. The molecular weight excluding hydrogens is 296 g/mol. The Morgan fingerprint density at radius 1 is 1.45 bits per heavy atom. The minimum absolute atomic E-state index is 0.0128. The normalized spacial score (nSPS) is 22.4. The van der Waals surface area contributed by atoms with Gasteiger partial charge in [-0.15, -0.1) is 0 Å². The van der Waals surface area contributed by atoms with Crippen LogP contribution in [0.15, 0.2) is 24.3 Å². The molecule has 0 aliphatic carbocycles. The Balaban J connectivity index is 1.85. The Morgan fingerprint density at radius 2 is 2.23 bits per heavy atom. The molecule has 2 atom stereocenters. The number of amides is 1. The predicted octanol–water partition coefficient (Wildman–Crippen LogP) is 3.41. The first-order valence-corrected chi connectivity index (χ1v) is 8.49. The zero-order chi connectivity index (χ0) is 16.2. The fourth-order valence-corrected chi connectivity index (χ4v) is 3.32. The Bertz CT molecular complexity index is 516. The topological polar surface area (TPSA) is 41.1 Å². The number of rotatable bonds is 5. The summed E-state index contributed by atoms with van der Waals surface area (Å²) in [5.41, 5.74) is 1.22. The lowest BCUT2D eigenvalue weighted by molar-refractivity contribution is -0.126. The average Bonchev–Trinajstić information content (AvgIpc) is 2.44. The summed E-state index contributed by atoms with van der Waals surface area (Å²) in [6.45, 7) is 8.13. The van der Waals surface area contributed by atoms with Gasteiger partial charge in [0.05, 0.1) is 0 Å². The second kappa shape index (κ2) is 7.47. The maximum Gasteiger partial charge on any atom is 0.223 e. The summed E-state index contributed by atoms with van der Waals surface area (Å²) in [6.07, 6.45) is 2.77. The lowest BCUT2D eigenvalue weighted by Crippen LogP contribution is -2.44. The first-order valence-electron chi connectivity index (χ1n) is 8.11. The quantitative estimate of drug-likeness (QED) is 0.872. The Kier molecular flexibility index (Phi) is 5.87. The zero-order valence-corrected chi connectivity index (χ0v) is 14.5. The molecule has 22 heavy (non-hydrogen) atoms. The van der Waals surface area contributed by atoms with E-state index in [0.29, 0.717) is 12.6 Å². The van der Waals surface area contributed by atoms with Gasteiger partial charge in [-0.3, -0.25) is 4.79 Å². The molecule has 1 aliphatic rings. The largest absolute Gasteiger partial charge is 0.355 e. The highest BCUT2D eigenvalue weighted by atomic mass is 35.5. The fraction of sp³-hybridized carbons (Fsp3) is 0.611. The molecule has 1 heterocycles. The van der Waals surface area contributed by atoms with Crippen LogP contribution in [0.25, 0.3) is 0 Å². The summed E-state index contributed by atoms with van der Waals surface area (Å²) < 4.78 is 0. The number of hydrogen-bond acceptors (Lipinski definition) is 2. The van der Waals surface area contributed by atoms with Gasteiger partial charge in [-0.2, -0.15) is 0 Å². The van der Waals surface area contributed by atoms with Gasteiger partial charge < -0.3 is 10.6 Å². The first-order chi connectivity index (χ1) is 10.4. The maximum atomic E-state index is 12.3. The van der Waals surface area contributed by atoms with Gasteiger partial charge in [-0.1, -0.05) is 37.6 Å². The van der Waals surface area contributed by atoms with Gasteiger partial charge >= 0.3 is 0 Å². The number of nitrogens with one attached hydrogen (secondary N) is 2. The molecular formula is C18H27ClN2O. The van der Waals surface area contributed by atoms with Gasteiger partial charge in [0, 0.05) is 23.5 Å². The van der Waals surface area contributed by atoms with Gasteiger partial charge in [0.1, 0.15) is 0 Å². The summed E-state index contributed by atoms with van der Waals surface area (Å²) in [6, 6.07) is 8.38. The lowest BCUT2D eigenvalue weighted by Gasteiger charge is -2.30. The van der Waals surface area contributed by atoms with Crippen molar-refractivity contribution in [2.75, 3.05) is 13.1 Å². The molecule has 2 N–H and O–H groups in total. The van der Waals surface area contributed by atoms with Crippen LogP contribution >= 0.6 is 11.6 Å². The molecule has 1 fully saturated rings. The molecule has 1 aliphatic heterocycles.